The van der Waals surface area contributed by atoms with Crippen LogP contribution >= 0.6 is 0 Å². The molecule has 332 valence electrons. The smallest absolute Gasteiger partial charge is 0.149 e. The maximum Gasteiger partial charge on any atom is 0.149 e. The Kier molecular flexibility index (Phi) is 7.64. The highest BCUT2D eigenvalue weighted by Crippen LogP contribution is 2.43. The standard InChI is InChI=1S/C61H67N3O/c1-37(2)41-24-28-55(65)50(35-41)58-63-57-49(18-16-20-54(57)64(58)53-27-23-43(31-39(53)5)56-48(38(3)4)17-15-19-51(56)61(12,13)14)44-32-45(34-47(33-44)60(9,10)11)52-36-42(29-30-62-52)40-21-25-46(26-22-40)59(6,7)8/h15-38,65H,1-14H3/i5D3,6D3,7D3,8D3,21D,22D,25D,26D. The van der Waals surface area contributed by atoms with Gasteiger partial charge in [-0.05, 0) is 151 Å². The average molecular weight is 874 g/mol. The summed E-state index contributed by atoms with van der Waals surface area (Å²) in [5, 5.41) is 11.8. The van der Waals surface area contributed by atoms with Gasteiger partial charge in [0, 0.05) is 33.8 Å². The Bertz CT molecular complexity index is 3690. The molecule has 6 aromatic carbocycles. The summed E-state index contributed by atoms with van der Waals surface area (Å²) in [4.78, 5) is 10.1. The Morgan fingerprint density at radius 1 is 0.615 bits per heavy atom. The lowest BCUT2D eigenvalue weighted by atomic mass is 9.78. The Morgan fingerprint density at radius 2 is 1.35 bits per heavy atom. The number of phenolic OH excluding ortho intramolecular Hbond substituents is 1. The van der Waals surface area contributed by atoms with E-state index < -0.39 is 68.0 Å². The minimum atomic E-state index is -3.83. The second-order valence-corrected chi connectivity index (χ2v) is 19.8. The van der Waals surface area contributed by atoms with Crippen LogP contribution in [0.3, 0.4) is 0 Å². The first-order valence-electron chi connectivity index (χ1n) is 30.1. The van der Waals surface area contributed by atoms with Crippen molar-refractivity contribution in [2.45, 2.75) is 125 Å². The van der Waals surface area contributed by atoms with E-state index in [2.05, 4.69) is 46.8 Å². The van der Waals surface area contributed by atoms with Crippen LogP contribution in [0.15, 0.2) is 133 Å². The number of phenols is 1. The van der Waals surface area contributed by atoms with Crippen molar-refractivity contribution in [3.8, 4) is 67.5 Å². The Morgan fingerprint density at radius 3 is 2.03 bits per heavy atom. The predicted octanol–water partition coefficient (Wildman–Crippen LogP) is 16.9. The summed E-state index contributed by atoms with van der Waals surface area (Å²) in [6.07, 6.45) is 1.40. The fraction of sp³-hybridized carbons (Fsp3) is 0.311. The highest BCUT2D eigenvalue weighted by atomic mass is 16.3. The Hall–Kier alpha value is -6.26. The van der Waals surface area contributed by atoms with E-state index in [0.717, 1.165) is 33.4 Å². The van der Waals surface area contributed by atoms with Gasteiger partial charge in [-0.15, -0.1) is 0 Å². The monoisotopic (exact) mass is 874 g/mol. The van der Waals surface area contributed by atoms with Crippen molar-refractivity contribution in [1.82, 2.24) is 14.5 Å². The zero-order valence-electron chi connectivity index (χ0n) is 54.8. The number of aryl methyl sites for hydroxylation is 1. The number of aromatic hydroxyl groups is 1. The molecule has 2 aromatic heterocycles. The maximum atomic E-state index is 11.8. The molecule has 4 nitrogen and oxygen atoms in total. The van der Waals surface area contributed by atoms with Gasteiger partial charge in [0.25, 0.3) is 0 Å². The zero-order chi connectivity index (χ0) is 60.2. The molecular formula is C61H67N3O. The van der Waals surface area contributed by atoms with Crippen LogP contribution in [-0.4, -0.2) is 19.6 Å². The molecule has 0 saturated heterocycles. The fourth-order valence-electron chi connectivity index (χ4n) is 8.49. The molecule has 0 bridgehead atoms. The van der Waals surface area contributed by atoms with Gasteiger partial charge < -0.3 is 5.11 Å². The number of aromatic nitrogens is 3. The SMILES string of the molecule is [2H]c1c([2H])c(C(C([2H])([2H])[2H])(C([2H])([2H])[2H])C([2H])([2H])[2H])c([2H])c([2H])c1-c1ccnc(-c2cc(-c3cccc4c3nc(-c3cc(C(C)C)ccc3O)n4-c3ccc(-c4c(C(C)C)cccc4C(C)(C)C)cc3C([2H])([2H])[2H])cc(C(C)(C)C)c2)c1. The average Bonchev–Trinajstić information content (AvgIpc) is 3.15. The van der Waals surface area contributed by atoms with Gasteiger partial charge in [0.15, 0.2) is 0 Å². The molecule has 0 radical (unpaired) electrons. The van der Waals surface area contributed by atoms with E-state index in [0.29, 0.717) is 50.5 Å². The van der Waals surface area contributed by atoms with Gasteiger partial charge in [0.2, 0.25) is 0 Å². The third-order valence-electron chi connectivity index (χ3n) is 12.1. The Labute approximate surface area is 411 Å². The van der Waals surface area contributed by atoms with Gasteiger partial charge in [0.05, 0.1) is 33.5 Å². The summed E-state index contributed by atoms with van der Waals surface area (Å²) >= 11 is 0. The number of pyridine rings is 1. The summed E-state index contributed by atoms with van der Waals surface area (Å²) in [6.45, 7) is 6.73. The van der Waals surface area contributed by atoms with Crippen LogP contribution in [0, 0.1) is 6.85 Å². The van der Waals surface area contributed by atoms with Crippen LogP contribution in [0.1, 0.15) is 157 Å². The minimum absolute atomic E-state index is 0.0595. The summed E-state index contributed by atoms with van der Waals surface area (Å²) in [6, 6.07) is 27.6. The van der Waals surface area contributed by atoms with Crippen molar-refractivity contribution in [3.63, 3.8) is 0 Å². The number of imidazole rings is 1. The van der Waals surface area contributed by atoms with Gasteiger partial charge in [-0.25, -0.2) is 4.98 Å². The fourth-order valence-corrected chi connectivity index (χ4v) is 8.49. The maximum absolute atomic E-state index is 11.8. The molecule has 2 heterocycles. The third-order valence-corrected chi connectivity index (χ3v) is 12.1. The van der Waals surface area contributed by atoms with Crippen LogP contribution < -0.4 is 0 Å². The molecule has 0 unspecified atom stereocenters. The molecule has 0 amide bonds. The van der Waals surface area contributed by atoms with Crippen molar-refractivity contribution in [2.75, 3.05) is 0 Å². The van der Waals surface area contributed by atoms with E-state index in [1.54, 1.807) is 12.1 Å². The molecule has 4 heteroatoms. The Balaban J connectivity index is 1.39. The molecule has 0 aliphatic carbocycles. The van der Waals surface area contributed by atoms with Crippen molar-refractivity contribution in [2.24, 2.45) is 0 Å². The molecule has 8 aromatic rings. The molecule has 8 rings (SSSR count). The molecule has 0 aliphatic heterocycles. The highest BCUT2D eigenvalue weighted by Gasteiger charge is 2.26. The highest BCUT2D eigenvalue weighted by molar-refractivity contribution is 5.97. The third kappa shape index (κ3) is 8.93. The topological polar surface area (TPSA) is 50.9 Å². The first-order valence-corrected chi connectivity index (χ1v) is 22.1. The number of rotatable bonds is 8. The molecule has 65 heavy (non-hydrogen) atoms. The number of para-hydroxylation sites is 1. The van der Waals surface area contributed by atoms with E-state index in [4.69, 9.17) is 31.9 Å². The van der Waals surface area contributed by atoms with Crippen LogP contribution in [0.25, 0.3) is 72.7 Å². The molecule has 0 spiro atoms. The first kappa shape index (κ1) is 29.3. The molecule has 0 fully saturated rings. The van der Waals surface area contributed by atoms with Crippen LogP contribution in [-0.2, 0) is 16.2 Å². The molecule has 0 aliphatic rings. The lowest BCUT2D eigenvalue weighted by Gasteiger charge is -2.27. The summed E-state index contributed by atoms with van der Waals surface area (Å²) in [7, 11) is 0. The van der Waals surface area contributed by atoms with E-state index in [1.165, 1.54) is 18.3 Å². The second kappa shape index (κ2) is 16.9. The normalized spacial score (nSPS) is 16.9. The number of benzene rings is 6. The number of hydrogen-bond acceptors (Lipinski definition) is 3. The second-order valence-electron chi connectivity index (χ2n) is 19.8. The number of hydrogen-bond donors (Lipinski definition) is 1. The van der Waals surface area contributed by atoms with Crippen molar-refractivity contribution in [1.29, 1.82) is 0 Å². The largest absolute Gasteiger partial charge is 0.507 e. The van der Waals surface area contributed by atoms with E-state index in [-0.39, 0.29) is 39.7 Å². The first-order chi connectivity index (χ1) is 37.2. The van der Waals surface area contributed by atoms with Gasteiger partial charge in [-0.1, -0.05) is 162 Å². The van der Waals surface area contributed by atoms with Gasteiger partial charge in [0.1, 0.15) is 11.6 Å². The predicted molar refractivity (Wildman–Crippen MR) is 277 cm³/mol. The van der Waals surface area contributed by atoms with Crippen molar-refractivity contribution < 1.29 is 27.0 Å². The van der Waals surface area contributed by atoms with Gasteiger partial charge >= 0.3 is 0 Å². The lowest BCUT2D eigenvalue weighted by Crippen LogP contribution is -2.14. The minimum Gasteiger partial charge on any atom is -0.507 e. The number of fused-ring (bicyclic) bond motifs is 1. The van der Waals surface area contributed by atoms with Crippen LogP contribution in [0.5, 0.6) is 5.75 Å². The molecule has 0 saturated carbocycles. The summed E-state index contributed by atoms with van der Waals surface area (Å²) in [5.74, 6) is 0.430. The van der Waals surface area contributed by atoms with Crippen molar-refractivity contribution in [3.05, 3.63) is 167 Å². The number of nitrogens with zero attached hydrogens (tertiary/aromatic N) is 3. The van der Waals surface area contributed by atoms with Crippen LogP contribution in [0.4, 0.5) is 0 Å². The summed E-state index contributed by atoms with van der Waals surface area (Å²) in [5.41, 5.74) is 3.63. The quantitative estimate of drug-likeness (QED) is 0.165. The van der Waals surface area contributed by atoms with E-state index >= 15 is 0 Å². The molecule has 0 atom stereocenters. The molecule has 1 N–H and O–H groups in total. The van der Waals surface area contributed by atoms with Gasteiger partial charge in [-0.3, -0.25) is 9.55 Å². The summed E-state index contributed by atoms with van der Waals surface area (Å²) < 4.78 is 140. The zero-order valence-corrected chi connectivity index (χ0v) is 38.8. The van der Waals surface area contributed by atoms with Crippen molar-refractivity contribution >= 4 is 11.0 Å². The lowest BCUT2D eigenvalue weighted by molar-refractivity contribution is 0.476. The van der Waals surface area contributed by atoms with E-state index in [9.17, 15) is 5.11 Å². The van der Waals surface area contributed by atoms with E-state index in [1.807, 2.05) is 106 Å². The van der Waals surface area contributed by atoms with Gasteiger partial charge in [-0.2, -0.15) is 0 Å². The molecular weight excluding hydrogens is 791 g/mol. The van der Waals surface area contributed by atoms with Crippen LogP contribution in [0.2, 0.25) is 0 Å².